The Morgan fingerprint density at radius 3 is 2.07 bits per heavy atom. The van der Waals surface area contributed by atoms with E-state index < -0.39 is 0 Å². The molecule has 0 aliphatic rings. The van der Waals surface area contributed by atoms with E-state index in [1.807, 2.05) is 12.3 Å². The summed E-state index contributed by atoms with van der Waals surface area (Å²) in [5, 5.41) is 0. The summed E-state index contributed by atoms with van der Waals surface area (Å²) in [7, 11) is 5.03. The van der Waals surface area contributed by atoms with Crippen LogP contribution in [-0.2, 0) is 19.3 Å². The minimum Gasteiger partial charge on any atom is -0.492 e. The molecule has 2 aromatic carbocycles. The van der Waals surface area contributed by atoms with E-state index in [0.29, 0.717) is 11.5 Å². The summed E-state index contributed by atoms with van der Waals surface area (Å²) in [6.45, 7) is 2.17. The molecule has 152 valence electrons. The number of nitrogens with zero attached hydrogens (tertiary/aromatic N) is 1. The van der Waals surface area contributed by atoms with Crippen molar-refractivity contribution in [2.75, 3.05) is 21.3 Å². The molecule has 0 N–H and O–H groups in total. The summed E-state index contributed by atoms with van der Waals surface area (Å²) in [5.74, 6) is 2.10. The zero-order valence-electron chi connectivity index (χ0n) is 17.7. The van der Waals surface area contributed by atoms with E-state index in [1.54, 1.807) is 27.5 Å². The van der Waals surface area contributed by atoms with Crippen LogP contribution in [-0.4, -0.2) is 26.3 Å². The minimum atomic E-state index is 0.640. The molecule has 0 bridgehead atoms. The fourth-order valence-electron chi connectivity index (χ4n) is 3.96. The molecule has 0 saturated carbocycles. The van der Waals surface area contributed by atoms with Gasteiger partial charge in [0.25, 0.3) is 0 Å². The fourth-order valence-corrected chi connectivity index (χ4v) is 3.96. The minimum absolute atomic E-state index is 0.640. The molecule has 0 saturated heterocycles. The summed E-state index contributed by atoms with van der Waals surface area (Å²) in [4.78, 5) is 4.31. The maximum absolute atomic E-state index is 5.83. The topological polar surface area (TPSA) is 40.6 Å². The van der Waals surface area contributed by atoms with Crippen LogP contribution in [0.1, 0.15) is 30.0 Å². The van der Waals surface area contributed by atoms with Gasteiger partial charge in [-0.3, -0.25) is 4.98 Å². The maximum Gasteiger partial charge on any atom is 0.204 e. The Balaban J connectivity index is 2.10. The normalized spacial score (nSPS) is 10.6. The monoisotopic (exact) mass is 391 g/mol. The summed E-state index contributed by atoms with van der Waals surface area (Å²) in [6, 6.07) is 14.6. The first kappa shape index (κ1) is 20.7. The summed E-state index contributed by atoms with van der Waals surface area (Å²) < 4.78 is 17.4. The predicted molar refractivity (Wildman–Crippen MR) is 117 cm³/mol. The van der Waals surface area contributed by atoms with E-state index >= 15 is 0 Å². The Morgan fingerprint density at radius 2 is 1.48 bits per heavy atom. The first-order valence-electron chi connectivity index (χ1n) is 10.0. The van der Waals surface area contributed by atoms with Gasteiger partial charge < -0.3 is 14.2 Å². The molecule has 3 rings (SSSR count). The van der Waals surface area contributed by atoms with Crippen molar-refractivity contribution >= 4 is 0 Å². The van der Waals surface area contributed by atoms with Crippen LogP contribution < -0.4 is 14.2 Å². The number of aromatic nitrogens is 1. The first-order chi connectivity index (χ1) is 14.2. The molecule has 4 nitrogen and oxygen atoms in total. The van der Waals surface area contributed by atoms with Crippen LogP contribution in [0.25, 0.3) is 11.1 Å². The lowest BCUT2D eigenvalue weighted by atomic mass is 9.89. The van der Waals surface area contributed by atoms with Gasteiger partial charge in [-0.25, -0.2) is 0 Å². The summed E-state index contributed by atoms with van der Waals surface area (Å²) in [6.07, 6.45) is 7.45. The Labute approximate surface area is 173 Å². The second-order valence-corrected chi connectivity index (χ2v) is 6.87. The van der Waals surface area contributed by atoms with Crippen LogP contribution in [0, 0.1) is 0 Å². The van der Waals surface area contributed by atoms with E-state index in [-0.39, 0.29) is 0 Å². The summed E-state index contributed by atoms with van der Waals surface area (Å²) >= 11 is 0. The highest BCUT2D eigenvalue weighted by Crippen LogP contribution is 2.50. The van der Waals surface area contributed by atoms with Crippen molar-refractivity contribution < 1.29 is 14.2 Å². The number of methoxy groups -OCH3 is 3. The van der Waals surface area contributed by atoms with Crippen molar-refractivity contribution in [1.29, 1.82) is 0 Å². The quantitative estimate of drug-likeness (QED) is 0.482. The Morgan fingerprint density at radius 1 is 0.759 bits per heavy atom. The van der Waals surface area contributed by atoms with Crippen LogP contribution in [0.15, 0.2) is 54.9 Å². The van der Waals surface area contributed by atoms with Crippen LogP contribution in [0.5, 0.6) is 17.2 Å². The third-order valence-corrected chi connectivity index (χ3v) is 5.23. The van der Waals surface area contributed by atoms with E-state index in [9.17, 15) is 0 Å². The van der Waals surface area contributed by atoms with Gasteiger partial charge in [0.15, 0.2) is 11.5 Å². The maximum atomic E-state index is 5.83. The summed E-state index contributed by atoms with van der Waals surface area (Å²) in [5.41, 5.74) is 5.81. The molecular formula is C25H29NO3. The molecule has 4 heteroatoms. The average molecular weight is 392 g/mol. The van der Waals surface area contributed by atoms with Gasteiger partial charge in [-0.05, 0) is 42.9 Å². The van der Waals surface area contributed by atoms with Gasteiger partial charge in [-0.1, -0.05) is 43.3 Å². The number of hydrogen-bond donors (Lipinski definition) is 0. The Hall–Kier alpha value is -3.01. The molecule has 1 heterocycles. The Kier molecular flexibility index (Phi) is 7.12. The van der Waals surface area contributed by atoms with Gasteiger partial charge in [0, 0.05) is 29.1 Å². The third kappa shape index (κ3) is 4.37. The van der Waals surface area contributed by atoms with Crippen molar-refractivity contribution in [3.63, 3.8) is 0 Å². The highest BCUT2D eigenvalue weighted by Gasteiger charge is 2.26. The standard InChI is InChI=1S/C25H29NO3/c1-5-20-21(15-9-13-18-11-7-6-8-12-18)23(27-2)25(29-4)24(28-3)22(20)19-14-10-16-26-17-19/h6-8,10-12,14,16-17H,5,9,13,15H2,1-4H3. The van der Waals surface area contributed by atoms with Gasteiger partial charge in [-0.15, -0.1) is 0 Å². The lowest BCUT2D eigenvalue weighted by Gasteiger charge is -2.24. The zero-order valence-corrected chi connectivity index (χ0v) is 17.7. The predicted octanol–water partition coefficient (Wildman–Crippen LogP) is 5.51. The van der Waals surface area contributed by atoms with Gasteiger partial charge in [0.2, 0.25) is 5.75 Å². The molecule has 0 atom stereocenters. The molecule has 3 aromatic rings. The molecule has 1 aromatic heterocycles. The lowest BCUT2D eigenvalue weighted by molar-refractivity contribution is 0.322. The first-order valence-corrected chi connectivity index (χ1v) is 10.0. The van der Waals surface area contributed by atoms with E-state index in [0.717, 1.165) is 42.6 Å². The molecule has 0 unspecified atom stereocenters. The molecule has 29 heavy (non-hydrogen) atoms. The molecule has 0 fully saturated rings. The van der Waals surface area contributed by atoms with E-state index in [2.05, 4.69) is 48.3 Å². The van der Waals surface area contributed by atoms with Crippen molar-refractivity contribution in [2.24, 2.45) is 0 Å². The van der Waals surface area contributed by atoms with Crippen molar-refractivity contribution in [3.05, 3.63) is 71.5 Å². The second kappa shape index (κ2) is 9.97. The third-order valence-electron chi connectivity index (χ3n) is 5.23. The van der Waals surface area contributed by atoms with Gasteiger partial charge in [0.1, 0.15) is 0 Å². The van der Waals surface area contributed by atoms with Gasteiger partial charge in [-0.2, -0.15) is 0 Å². The molecular weight excluding hydrogens is 362 g/mol. The van der Waals surface area contributed by atoms with Crippen molar-refractivity contribution in [3.8, 4) is 28.4 Å². The largest absolute Gasteiger partial charge is 0.492 e. The number of pyridine rings is 1. The Bertz CT molecular complexity index is 924. The number of hydrogen-bond acceptors (Lipinski definition) is 4. The number of ether oxygens (including phenoxy) is 3. The second-order valence-electron chi connectivity index (χ2n) is 6.87. The zero-order chi connectivity index (χ0) is 20.6. The van der Waals surface area contributed by atoms with Crippen molar-refractivity contribution in [1.82, 2.24) is 4.98 Å². The fraction of sp³-hybridized carbons (Fsp3) is 0.320. The van der Waals surface area contributed by atoms with Gasteiger partial charge >= 0.3 is 0 Å². The van der Waals surface area contributed by atoms with Crippen LogP contribution in [0.4, 0.5) is 0 Å². The highest BCUT2D eigenvalue weighted by atomic mass is 16.5. The van der Waals surface area contributed by atoms with E-state index in [4.69, 9.17) is 14.2 Å². The highest BCUT2D eigenvalue weighted by molar-refractivity contribution is 5.81. The van der Waals surface area contributed by atoms with Crippen LogP contribution >= 0.6 is 0 Å². The lowest BCUT2D eigenvalue weighted by Crippen LogP contribution is -2.07. The molecule has 0 radical (unpaired) electrons. The number of benzene rings is 2. The van der Waals surface area contributed by atoms with Crippen LogP contribution in [0.2, 0.25) is 0 Å². The van der Waals surface area contributed by atoms with E-state index in [1.165, 1.54) is 16.7 Å². The van der Waals surface area contributed by atoms with Gasteiger partial charge in [0.05, 0.1) is 21.3 Å². The molecule has 0 aliphatic heterocycles. The molecule has 0 amide bonds. The van der Waals surface area contributed by atoms with Crippen LogP contribution in [0.3, 0.4) is 0 Å². The smallest absolute Gasteiger partial charge is 0.204 e. The average Bonchev–Trinajstić information content (AvgIpc) is 2.78. The van der Waals surface area contributed by atoms with Crippen molar-refractivity contribution in [2.45, 2.75) is 32.6 Å². The molecule has 0 aliphatic carbocycles. The number of aryl methyl sites for hydroxylation is 1. The molecule has 0 spiro atoms. The number of rotatable bonds is 9. The SMILES string of the molecule is CCc1c(CCCc2ccccc2)c(OC)c(OC)c(OC)c1-c1cccnc1.